The van der Waals surface area contributed by atoms with Crippen LogP contribution >= 0.6 is 11.6 Å². The predicted molar refractivity (Wildman–Crippen MR) is 87.5 cm³/mol. The van der Waals surface area contributed by atoms with Crippen LogP contribution < -0.4 is 15.4 Å². The van der Waals surface area contributed by atoms with Crippen molar-refractivity contribution in [2.75, 3.05) is 12.4 Å². The van der Waals surface area contributed by atoms with E-state index < -0.39 is 0 Å². The van der Waals surface area contributed by atoms with Crippen LogP contribution in [0, 0.1) is 0 Å². The van der Waals surface area contributed by atoms with Gasteiger partial charge >= 0.3 is 6.03 Å². The van der Waals surface area contributed by atoms with Gasteiger partial charge in [0.05, 0.1) is 18.3 Å². The maximum atomic E-state index is 12.3. The molecule has 5 heteroatoms. The van der Waals surface area contributed by atoms with E-state index in [1.54, 1.807) is 25.3 Å². The van der Waals surface area contributed by atoms with Gasteiger partial charge in [0.25, 0.3) is 0 Å². The Hall–Kier alpha value is -2.20. The number of nitrogens with one attached hydrogen (secondary N) is 2. The summed E-state index contributed by atoms with van der Waals surface area (Å²) in [5.74, 6) is 0.573. The number of anilines is 1. The molecule has 22 heavy (non-hydrogen) atoms. The molecular formula is C17H17ClN2O2. The fraction of sp³-hybridized carbons (Fsp3) is 0.235. The summed E-state index contributed by atoms with van der Waals surface area (Å²) in [5.41, 5.74) is 1.43. The van der Waals surface area contributed by atoms with Crippen molar-refractivity contribution in [2.45, 2.75) is 18.4 Å². The third-order valence-corrected chi connectivity index (χ3v) is 4.07. The van der Waals surface area contributed by atoms with E-state index >= 15 is 0 Å². The van der Waals surface area contributed by atoms with Gasteiger partial charge in [-0.25, -0.2) is 4.79 Å². The molecule has 1 saturated carbocycles. The highest BCUT2D eigenvalue weighted by Crippen LogP contribution is 2.45. The minimum Gasteiger partial charge on any atom is -0.495 e. The normalized spacial score (nSPS) is 15.0. The molecule has 0 radical (unpaired) electrons. The van der Waals surface area contributed by atoms with Crippen molar-refractivity contribution in [3.05, 3.63) is 59.1 Å². The second-order valence-electron chi connectivity index (χ2n) is 5.37. The van der Waals surface area contributed by atoms with E-state index in [9.17, 15) is 4.79 Å². The highest BCUT2D eigenvalue weighted by atomic mass is 35.5. The number of ether oxygens (including phenoxy) is 1. The van der Waals surface area contributed by atoms with Gasteiger partial charge in [-0.2, -0.15) is 0 Å². The summed E-state index contributed by atoms with van der Waals surface area (Å²) in [4.78, 5) is 12.3. The monoisotopic (exact) mass is 316 g/mol. The van der Waals surface area contributed by atoms with Gasteiger partial charge < -0.3 is 15.4 Å². The molecule has 0 bridgehead atoms. The highest BCUT2D eigenvalue weighted by molar-refractivity contribution is 6.31. The lowest BCUT2D eigenvalue weighted by atomic mass is 10.1. The number of hydrogen-bond donors (Lipinski definition) is 2. The smallest absolute Gasteiger partial charge is 0.320 e. The Labute approximate surface area is 134 Å². The van der Waals surface area contributed by atoms with Gasteiger partial charge in [-0.3, -0.25) is 0 Å². The first-order valence-electron chi connectivity index (χ1n) is 7.11. The lowest BCUT2D eigenvalue weighted by molar-refractivity contribution is 0.247. The molecule has 0 atom stereocenters. The quantitative estimate of drug-likeness (QED) is 0.890. The van der Waals surface area contributed by atoms with Crippen LogP contribution in [0.3, 0.4) is 0 Å². The number of amides is 2. The van der Waals surface area contributed by atoms with Gasteiger partial charge in [-0.05, 0) is 36.6 Å². The van der Waals surface area contributed by atoms with Crippen LogP contribution in [0.5, 0.6) is 5.75 Å². The number of benzene rings is 2. The van der Waals surface area contributed by atoms with Crippen LogP contribution in [0.15, 0.2) is 48.5 Å². The average Bonchev–Trinajstić information content (AvgIpc) is 3.29. The SMILES string of the molecule is COc1ccc(Cl)cc1NC(=O)NC1(c2ccccc2)CC1. The van der Waals surface area contributed by atoms with Gasteiger partial charge in [0.2, 0.25) is 0 Å². The molecule has 2 N–H and O–H groups in total. The molecule has 114 valence electrons. The number of carbonyl (C=O) groups is 1. The van der Waals surface area contributed by atoms with Crippen LogP contribution in [-0.4, -0.2) is 13.1 Å². The number of halogens is 1. The molecule has 4 nitrogen and oxygen atoms in total. The first kappa shape index (κ1) is 14.7. The van der Waals surface area contributed by atoms with Gasteiger partial charge in [-0.1, -0.05) is 41.9 Å². The molecule has 2 aromatic rings. The highest BCUT2D eigenvalue weighted by Gasteiger charge is 2.45. The van der Waals surface area contributed by atoms with Crippen LogP contribution in [-0.2, 0) is 5.54 Å². The second kappa shape index (κ2) is 5.89. The van der Waals surface area contributed by atoms with E-state index in [-0.39, 0.29) is 11.6 Å². The van der Waals surface area contributed by atoms with Crippen molar-refractivity contribution >= 4 is 23.3 Å². The lowest BCUT2D eigenvalue weighted by Gasteiger charge is -2.19. The molecule has 1 aliphatic rings. The van der Waals surface area contributed by atoms with Crippen LogP contribution in [0.1, 0.15) is 18.4 Å². The van der Waals surface area contributed by atoms with E-state index in [0.29, 0.717) is 16.5 Å². The van der Waals surface area contributed by atoms with E-state index in [0.717, 1.165) is 18.4 Å². The van der Waals surface area contributed by atoms with Crippen molar-refractivity contribution in [2.24, 2.45) is 0 Å². The second-order valence-corrected chi connectivity index (χ2v) is 5.81. The molecule has 2 aromatic carbocycles. The molecule has 0 aliphatic heterocycles. The first-order valence-corrected chi connectivity index (χ1v) is 7.49. The zero-order chi connectivity index (χ0) is 15.6. The molecule has 2 amide bonds. The molecule has 1 fully saturated rings. The fourth-order valence-corrected chi connectivity index (χ4v) is 2.69. The molecule has 3 rings (SSSR count). The summed E-state index contributed by atoms with van der Waals surface area (Å²) >= 11 is 5.97. The van der Waals surface area contributed by atoms with Gasteiger partial charge in [0, 0.05) is 5.02 Å². The summed E-state index contributed by atoms with van der Waals surface area (Å²) in [6.07, 6.45) is 1.88. The fourth-order valence-electron chi connectivity index (χ4n) is 2.52. The van der Waals surface area contributed by atoms with Crippen LogP contribution in [0.4, 0.5) is 10.5 Å². The van der Waals surface area contributed by atoms with Gasteiger partial charge in [0.15, 0.2) is 0 Å². The third kappa shape index (κ3) is 3.02. The minimum absolute atomic E-state index is 0.253. The predicted octanol–water partition coefficient (Wildman–Crippen LogP) is 4.16. The molecule has 0 unspecified atom stereocenters. The Morgan fingerprint density at radius 1 is 1.18 bits per heavy atom. The summed E-state index contributed by atoms with van der Waals surface area (Å²) in [6.45, 7) is 0. The maximum Gasteiger partial charge on any atom is 0.320 e. The number of rotatable bonds is 4. The molecular weight excluding hydrogens is 300 g/mol. The number of hydrogen-bond acceptors (Lipinski definition) is 2. The van der Waals surface area contributed by atoms with E-state index in [2.05, 4.69) is 10.6 Å². The number of urea groups is 1. The first-order chi connectivity index (χ1) is 10.6. The molecule has 1 aliphatic carbocycles. The third-order valence-electron chi connectivity index (χ3n) is 3.84. The maximum absolute atomic E-state index is 12.3. The Morgan fingerprint density at radius 3 is 2.55 bits per heavy atom. The Morgan fingerprint density at radius 2 is 1.91 bits per heavy atom. The minimum atomic E-state index is -0.262. The Kier molecular flexibility index (Phi) is 3.94. The van der Waals surface area contributed by atoms with Gasteiger partial charge in [0.1, 0.15) is 5.75 Å². The van der Waals surface area contributed by atoms with Crippen molar-refractivity contribution in [3.63, 3.8) is 0 Å². The van der Waals surface area contributed by atoms with E-state index in [1.807, 2.05) is 30.3 Å². The van der Waals surface area contributed by atoms with E-state index in [4.69, 9.17) is 16.3 Å². The average molecular weight is 317 g/mol. The molecule has 0 aromatic heterocycles. The van der Waals surface area contributed by atoms with Crippen LogP contribution in [0.25, 0.3) is 0 Å². The Bertz CT molecular complexity index is 684. The summed E-state index contributed by atoms with van der Waals surface area (Å²) in [7, 11) is 1.55. The van der Waals surface area contributed by atoms with Crippen molar-refractivity contribution < 1.29 is 9.53 Å². The zero-order valence-electron chi connectivity index (χ0n) is 12.2. The molecule has 0 saturated heterocycles. The molecule has 0 heterocycles. The van der Waals surface area contributed by atoms with Crippen molar-refractivity contribution in [1.82, 2.24) is 5.32 Å². The summed E-state index contributed by atoms with van der Waals surface area (Å²) in [5, 5.41) is 6.40. The van der Waals surface area contributed by atoms with Crippen LogP contribution in [0.2, 0.25) is 5.02 Å². The molecule has 0 spiro atoms. The standard InChI is InChI=1S/C17H17ClN2O2/c1-22-15-8-7-13(18)11-14(15)19-16(21)20-17(9-10-17)12-5-3-2-4-6-12/h2-8,11H,9-10H2,1H3,(H2,19,20,21). The van der Waals surface area contributed by atoms with Crippen molar-refractivity contribution in [1.29, 1.82) is 0 Å². The van der Waals surface area contributed by atoms with E-state index in [1.165, 1.54) is 0 Å². The topological polar surface area (TPSA) is 50.4 Å². The number of methoxy groups -OCH3 is 1. The largest absolute Gasteiger partial charge is 0.495 e. The number of carbonyl (C=O) groups excluding carboxylic acids is 1. The summed E-state index contributed by atoms with van der Waals surface area (Å²) in [6, 6.07) is 14.8. The zero-order valence-corrected chi connectivity index (χ0v) is 13.0. The Balaban J connectivity index is 1.73. The van der Waals surface area contributed by atoms with Gasteiger partial charge in [-0.15, -0.1) is 0 Å². The van der Waals surface area contributed by atoms with Crippen molar-refractivity contribution in [3.8, 4) is 5.75 Å². The lowest BCUT2D eigenvalue weighted by Crippen LogP contribution is -2.38. The summed E-state index contributed by atoms with van der Waals surface area (Å²) < 4.78 is 5.23.